The van der Waals surface area contributed by atoms with Gasteiger partial charge in [0.15, 0.2) is 0 Å². The summed E-state index contributed by atoms with van der Waals surface area (Å²) < 4.78 is 4.91. The van der Waals surface area contributed by atoms with Crippen molar-refractivity contribution >= 4 is 5.91 Å². The van der Waals surface area contributed by atoms with Crippen molar-refractivity contribution in [1.82, 2.24) is 5.32 Å². The third kappa shape index (κ3) is 4.10. The van der Waals surface area contributed by atoms with Crippen molar-refractivity contribution in [3.8, 4) is 0 Å². The molecule has 1 saturated carbocycles. The van der Waals surface area contributed by atoms with E-state index < -0.39 is 6.04 Å². The van der Waals surface area contributed by atoms with Crippen LogP contribution in [0.2, 0.25) is 0 Å². The Hall–Kier alpha value is -0.610. The van der Waals surface area contributed by atoms with Crippen LogP contribution < -0.4 is 11.1 Å². The van der Waals surface area contributed by atoms with Crippen molar-refractivity contribution in [3.05, 3.63) is 0 Å². The lowest BCUT2D eigenvalue weighted by atomic mass is 9.99. The number of ether oxygens (including phenoxy) is 1. The van der Waals surface area contributed by atoms with Gasteiger partial charge in [0.25, 0.3) is 0 Å². The Bertz CT molecular complexity index is 215. The van der Waals surface area contributed by atoms with E-state index in [1.807, 2.05) is 0 Å². The van der Waals surface area contributed by atoms with Gasteiger partial charge in [-0.1, -0.05) is 12.8 Å². The second-order valence-corrected chi connectivity index (χ2v) is 4.73. The van der Waals surface area contributed by atoms with Gasteiger partial charge in [0.2, 0.25) is 5.91 Å². The zero-order valence-electron chi connectivity index (χ0n) is 10.4. The van der Waals surface area contributed by atoms with Crippen molar-refractivity contribution in [2.24, 2.45) is 11.7 Å². The monoisotopic (exact) mass is 228 g/mol. The number of amides is 1. The second kappa shape index (κ2) is 6.86. The fourth-order valence-corrected chi connectivity index (χ4v) is 2.28. The zero-order chi connectivity index (χ0) is 12.0. The highest BCUT2D eigenvalue weighted by atomic mass is 16.5. The van der Waals surface area contributed by atoms with E-state index in [1.165, 1.54) is 25.7 Å². The van der Waals surface area contributed by atoms with Gasteiger partial charge in [0.05, 0.1) is 6.04 Å². The molecule has 0 aromatic carbocycles. The molecule has 1 aliphatic rings. The van der Waals surface area contributed by atoms with Gasteiger partial charge in [-0.2, -0.15) is 0 Å². The molecule has 2 atom stereocenters. The van der Waals surface area contributed by atoms with E-state index in [-0.39, 0.29) is 11.9 Å². The largest absolute Gasteiger partial charge is 0.385 e. The molecular weight excluding hydrogens is 204 g/mol. The molecule has 0 radical (unpaired) electrons. The maximum absolute atomic E-state index is 11.7. The smallest absolute Gasteiger partial charge is 0.237 e. The molecule has 1 rings (SSSR count). The van der Waals surface area contributed by atoms with E-state index in [4.69, 9.17) is 10.5 Å². The summed E-state index contributed by atoms with van der Waals surface area (Å²) in [7, 11) is 1.62. The lowest BCUT2D eigenvalue weighted by Crippen LogP contribution is -2.46. The maximum atomic E-state index is 11.7. The van der Waals surface area contributed by atoms with Crippen LogP contribution in [0.4, 0.5) is 0 Å². The molecule has 1 amide bonds. The van der Waals surface area contributed by atoms with Gasteiger partial charge in [0, 0.05) is 19.8 Å². The van der Waals surface area contributed by atoms with E-state index in [1.54, 1.807) is 7.11 Å². The minimum Gasteiger partial charge on any atom is -0.385 e. The van der Waals surface area contributed by atoms with Gasteiger partial charge in [-0.15, -0.1) is 0 Å². The molecule has 16 heavy (non-hydrogen) atoms. The Morgan fingerprint density at radius 2 is 2.12 bits per heavy atom. The standard InChI is InChI=1S/C12H24N2O2/c1-9(10-5-3-4-6-10)14-12(15)11(13)7-8-16-2/h9-11H,3-8,13H2,1-2H3,(H,14,15). The Morgan fingerprint density at radius 3 is 2.69 bits per heavy atom. The number of nitrogens with one attached hydrogen (secondary N) is 1. The van der Waals surface area contributed by atoms with E-state index in [2.05, 4.69) is 12.2 Å². The molecule has 3 N–H and O–H groups in total. The van der Waals surface area contributed by atoms with Crippen molar-refractivity contribution in [2.75, 3.05) is 13.7 Å². The minimum absolute atomic E-state index is 0.0450. The first-order chi connectivity index (χ1) is 7.65. The highest BCUT2D eigenvalue weighted by Crippen LogP contribution is 2.27. The number of methoxy groups -OCH3 is 1. The number of carbonyl (C=O) groups is 1. The van der Waals surface area contributed by atoms with Crippen LogP contribution in [0.25, 0.3) is 0 Å². The van der Waals surface area contributed by atoms with E-state index in [0.717, 1.165) is 0 Å². The Morgan fingerprint density at radius 1 is 1.50 bits per heavy atom. The highest BCUT2D eigenvalue weighted by Gasteiger charge is 2.24. The molecule has 0 bridgehead atoms. The van der Waals surface area contributed by atoms with Crippen LogP contribution in [0.1, 0.15) is 39.0 Å². The predicted molar refractivity (Wildman–Crippen MR) is 64.0 cm³/mol. The fraction of sp³-hybridized carbons (Fsp3) is 0.917. The third-order valence-electron chi connectivity index (χ3n) is 3.45. The zero-order valence-corrected chi connectivity index (χ0v) is 10.4. The van der Waals surface area contributed by atoms with Crippen molar-refractivity contribution in [3.63, 3.8) is 0 Å². The number of nitrogens with two attached hydrogens (primary N) is 1. The van der Waals surface area contributed by atoms with Crippen LogP contribution in [-0.2, 0) is 9.53 Å². The number of hydrogen-bond donors (Lipinski definition) is 2. The predicted octanol–water partition coefficient (Wildman–Crippen LogP) is 1.05. The average Bonchev–Trinajstić information content (AvgIpc) is 2.79. The van der Waals surface area contributed by atoms with Crippen LogP contribution >= 0.6 is 0 Å². The summed E-state index contributed by atoms with van der Waals surface area (Å²) >= 11 is 0. The quantitative estimate of drug-likeness (QED) is 0.714. The third-order valence-corrected chi connectivity index (χ3v) is 3.45. The molecule has 0 saturated heterocycles. The van der Waals surface area contributed by atoms with Gasteiger partial charge in [-0.05, 0) is 32.1 Å². The van der Waals surface area contributed by atoms with E-state index >= 15 is 0 Å². The number of hydrogen-bond acceptors (Lipinski definition) is 3. The molecule has 4 nitrogen and oxygen atoms in total. The van der Waals surface area contributed by atoms with Crippen molar-refractivity contribution < 1.29 is 9.53 Å². The molecule has 0 spiro atoms. The summed E-state index contributed by atoms with van der Waals surface area (Å²) in [5.41, 5.74) is 5.76. The molecule has 0 aromatic heterocycles. The van der Waals surface area contributed by atoms with E-state index in [0.29, 0.717) is 18.9 Å². The van der Waals surface area contributed by atoms with E-state index in [9.17, 15) is 4.79 Å². The molecule has 94 valence electrons. The van der Waals surface area contributed by atoms with Gasteiger partial charge in [-0.3, -0.25) is 4.79 Å². The summed E-state index contributed by atoms with van der Waals surface area (Å²) in [6.07, 6.45) is 5.63. The fourth-order valence-electron chi connectivity index (χ4n) is 2.28. The Labute approximate surface area is 97.9 Å². The molecule has 1 aliphatic carbocycles. The molecule has 1 fully saturated rings. The second-order valence-electron chi connectivity index (χ2n) is 4.73. The van der Waals surface area contributed by atoms with Crippen LogP contribution in [0, 0.1) is 5.92 Å². The number of carbonyl (C=O) groups excluding carboxylic acids is 1. The van der Waals surface area contributed by atoms with Crippen molar-refractivity contribution in [1.29, 1.82) is 0 Å². The summed E-state index contributed by atoms with van der Waals surface area (Å²) in [4.78, 5) is 11.7. The molecule has 0 aromatic rings. The molecule has 2 unspecified atom stereocenters. The Balaban J connectivity index is 2.26. The van der Waals surface area contributed by atoms with Gasteiger partial charge < -0.3 is 15.8 Å². The highest BCUT2D eigenvalue weighted by molar-refractivity contribution is 5.81. The maximum Gasteiger partial charge on any atom is 0.237 e. The lowest BCUT2D eigenvalue weighted by Gasteiger charge is -2.22. The first-order valence-corrected chi connectivity index (χ1v) is 6.20. The summed E-state index contributed by atoms with van der Waals surface area (Å²) in [6.45, 7) is 2.61. The molecule has 4 heteroatoms. The van der Waals surface area contributed by atoms with Crippen LogP contribution in [0.3, 0.4) is 0 Å². The minimum atomic E-state index is -0.441. The lowest BCUT2D eigenvalue weighted by molar-refractivity contribution is -0.123. The van der Waals surface area contributed by atoms with Crippen LogP contribution in [0.15, 0.2) is 0 Å². The van der Waals surface area contributed by atoms with Crippen LogP contribution in [0.5, 0.6) is 0 Å². The van der Waals surface area contributed by atoms with Gasteiger partial charge in [-0.25, -0.2) is 0 Å². The van der Waals surface area contributed by atoms with Crippen molar-refractivity contribution in [2.45, 2.75) is 51.1 Å². The van der Waals surface area contributed by atoms with Crippen LogP contribution in [-0.4, -0.2) is 31.7 Å². The van der Waals surface area contributed by atoms with Gasteiger partial charge >= 0.3 is 0 Å². The Kier molecular flexibility index (Phi) is 5.77. The average molecular weight is 228 g/mol. The first-order valence-electron chi connectivity index (χ1n) is 6.20. The molecule has 0 aliphatic heterocycles. The normalized spacial score (nSPS) is 20.7. The van der Waals surface area contributed by atoms with Gasteiger partial charge in [0.1, 0.15) is 0 Å². The molecular formula is C12H24N2O2. The topological polar surface area (TPSA) is 64.3 Å². The summed E-state index contributed by atoms with van der Waals surface area (Å²) in [5, 5.41) is 3.01. The first kappa shape index (κ1) is 13.5. The number of rotatable bonds is 6. The summed E-state index contributed by atoms with van der Waals surface area (Å²) in [5.74, 6) is 0.593. The molecule has 0 heterocycles. The SMILES string of the molecule is COCCC(N)C(=O)NC(C)C1CCCC1. The summed E-state index contributed by atoms with van der Waals surface area (Å²) in [6, 6.07) is -0.188.